The van der Waals surface area contributed by atoms with E-state index in [-0.39, 0.29) is 11.9 Å². The van der Waals surface area contributed by atoms with Crippen molar-refractivity contribution < 1.29 is 15.0 Å². The van der Waals surface area contributed by atoms with Gasteiger partial charge in [0.2, 0.25) is 5.91 Å². The Balaban J connectivity index is 1.71. The number of aromatic nitrogens is 3. The molecule has 1 aliphatic carbocycles. The highest BCUT2D eigenvalue weighted by Crippen LogP contribution is 2.40. The zero-order valence-corrected chi connectivity index (χ0v) is 19.7. The molecule has 0 saturated heterocycles. The van der Waals surface area contributed by atoms with Gasteiger partial charge in [-0.2, -0.15) is 0 Å². The van der Waals surface area contributed by atoms with Crippen LogP contribution in [0.15, 0.2) is 30.0 Å². The summed E-state index contributed by atoms with van der Waals surface area (Å²) in [4.78, 5) is 23.3. The highest BCUT2D eigenvalue weighted by atomic mass is 35.5. The molecule has 3 aromatic heterocycles. The van der Waals surface area contributed by atoms with Crippen LogP contribution in [0.4, 0.5) is 5.69 Å². The molecule has 0 aromatic carbocycles. The van der Waals surface area contributed by atoms with E-state index in [1.54, 1.807) is 22.1 Å². The van der Waals surface area contributed by atoms with E-state index in [1.807, 2.05) is 24.4 Å². The van der Waals surface area contributed by atoms with Gasteiger partial charge < -0.3 is 20.8 Å². The van der Waals surface area contributed by atoms with E-state index in [0.717, 1.165) is 28.4 Å². The van der Waals surface area contributed by atoms with Crippen LogP contribution in [-0.4, -0.2) is 55.4 Å². The summed E-state index contributed by atoms with van der Waals surface area (Å²) in [6, 6.07) is 3.90. The summed E-state index contributed by atoms with van der Waals surface area (Å²) in [5, 5.41) is 30.2. The normalized spacial score (nSPS) is 24.0. The van der Waals surface area contributed by atoms with Crippen LogP contribution in [0.1, 0.15) is 38.0 Å². The van der Waals surface area contributed by atoms with Crippen molar-refractivity contribution in [1.29, 1.82) is 0 Å². The van der Waals surface area contributed by atoms with Crippen LogP contribution in [0, 0.1) is 0 Å². The number of thiophene rings is 1. The summed E-state index contributed by atoms with van der Waals surface area (Å²) in [7, 11) is 0. The third-order valence-electron chi connectivity index (χ3n) is 6.25. The molecule has 32 heavy (non-hydrogen) atoms. The zero-order chi connectivity index (χ0) is 22.9. The highest BCUT2D eigenvalue weighted by Gasteiger charge is 2.55. The smallest absolute Gasteiger partial charge is 0.249 e. The predicted octanol–water partition coefficient (Wildman–Crippen LogP) is 2.93. The van der Waals surface area contributed by atoms with Gasteiger partial charge in [-0.3, -0.25) is 9.36 Å². The monoisotopic (exact) mass is 477 g/mol. The number of hydrogen-bond donors (Lipinski definition) is 4. The average Bonchev–Trinajstić information content (AvgIpc) is 3.47. The molecule has 1 amide bonds. The first kappa shape index (κ1) is 23.0. The highest BCUT2D eigenvalue weighted by molar-refractivity contribution is 7.10. The summed E-state index contributed by atoms with van der Waals surface area (Å²) in [6.45, 7) is 4.34. The Hall–Kier alpha value is -2.20. The van der Waals surface area contributed by atoms with Crippen LogP contribution in [0.25, 0.3) is 11.2 Å². The molecule has 0 aliphatic heterocycles. The van der Waals surface area contributed by atoms with Crippen molar-refractivity contribution in [3.8, 4) is 0 Å². The minimum absolute atomic E-state index is 0.137. The van der Waals surface area contributed by atoms with Gasteiger partial charge in [-0.05, 0) is 43.7 Å². The van der Waals surface area contributed by atoms with Gasteiger partial charge in [0.05, 0.1) is 23.1 Å². The molecule has 1 fully saturated rings. The molecule has 10 heteroatoms. The molecule has 0 spiro atoms. The molecule has 1 saturated carbocycles. The largest absolute Gasteiger partial charge is 0.390 e. The first-order chi connectivity index (χ1) is 15.4. The molecule has 0 bridgehead atoms. The van der Waals surface area contributed by atoms with E-state index in [9.17, 15) is 15.0 Å². The van der Waals surface area contributed by atoms with Gasteiger partial charge in [0.15, 0.2) is 11.2 Å². The fourth-order valence-corrected chi connectivity index (χ4v) is 5.66. The lowest BCUT2D eigenvalue weighted by Crippen LogP contribution is -2.55. The minimum atomic E-state index is -1.36. The number of nitrogens with one attached hydrogen (secondary N) is 2. The number of aliphatic hydroxyl groups excluding tert-OH is 2. The van der Waals surface area contributed by atoms with Crippen LogP contribution in [0.5, 0.6) is 0 Å². The van der Waals surface area contributed by atoms with Crippen molar-refractivity contribution in [2.75, 3.05) is 11.9 Å². The number of pyridine rings is 1. The number of likely N-dealkylation sites (N-methyl/N-ethyl adjacent to an activating group) is 1. The van der Waals surface area contributed by atoms with Gasteiger partial charge in [0.25, 0.3) is 0 Å². The fraction of sp³-hybridized carbons (Fsp3) is 0.500. The van der Waals surface area contributed by atoms with Gasteiger partial charge in [0.1, 0.15) is 11.6 Å². The van der Waals surface area contributed by atoms with E-state index in [4.69, 9.17) is 11.6 Å². The second-order valence-corrected chi connectivity index (χ2v) is 9.53. The lowest BCUT2D eigenvalue weighted by atomic mass is 9.92. The maximum Gasteiger partial charge on any atom is 0.249 e. The maximum absolute atomic E-state index is 13.1. The molecule has 3 heterocycles. The van der Waals surface area contributed by atoms with Crippen molar-refractivity contribution in [2.24, 2.45) is 0 Å². The Labute approximate surface area is 195 Å². The summed E-state index contributed by atoms with van der Waals surface area (Å²) in [5.74, 6) is -0.345. The summed E-state index contributed by atoms with van der Waals surface area (Å²) >= 11 is 7.92. The summed E-state index contributed by atoms with van der Waals surface area (Å²) < 4.78 is 1.62. The second-order valence-electron chi connectivity index (χ2n) is 8.13. The number of carbonyl (C=O) groups excluding carboxylic acids is 1. The molecule has 0 radical (unpaired) electrons. The lowest BCUT2D eigenvalue weighted by molar-refractivity contribution is -0.136. The number of aliphatic hydroxyl groups is 2. The molecule has 172 valence electrons. The van der Waals surface area contributed by atoms with Crippen molar-refractivity contribution in [2.45, 2.75) is 63.3 Å². The number of nitrogens with zero attached hydrogens (tertiary/aromatic N) is 3. The number of imidazole rings is 1. The van der Waals surface area contributed by atoms with Crippen molar-refractivity contribution >= 4 is 45.7 Å². The first-order valence-corrected chi connectivity index (χ1v) is 12.1. The quantitative estimate of drug-likeness (QED) is 0.397. The molecule has 4 N–H and O–H groups in total. The standard InChI is InChI=1S/C22H28ClN5O3S/c1-3-13(11-17-14(23)7-10-32-17)27-15-6-9-25-20-18(15)26-12-28(20)22(21(31)24-4-2)8-5-16(29)19(22)30/h6-7,9-10,12-13,16,19,29-30H,3-5,8,11H2,1-2H3,(H,24,31)(H,25,27). The third kappa shape index (κ3) is 3.87. The van der Waals surface area contributed by atoms with Gasteiger partial charge >= 0.3 is 0 Å². The first-order valence-electron chi connectivity index (χ1n) is 10.9. The van der Waals surface area contributed by atoms with E-state index < -0.39 is 17.7 Å². The third-order valence-corrected chi connectivity index (χ3v) is 7.66. The molecule has 4 atom stereocenters. The van der Waals surface area contributed by atoms with Crippen LogP contribution in [-0.2, 0) is 16.8 Å². The molecular formula is C22H28ClN5O3S. The van der Waals surface area contributed by atoms with Gasteiger partial charge in [-0.25, -0.2) is 9.97 Å². The van der Waals surface area contributed by atoms with Crippen molar-refractivity contribution in [1.82, 2.24) is 19.9 Å². The van der Waals surface area contributed by atoms with Gasteiger partial charge in [0, 0.05) is 30.1 Å². The Bertz CT molecular complexity index is 1100. The average molecular weight is 478 g/mol. The van der Waals surface area contributed by atoms with E-state index in [0.29, 0.717) is 30.6 Å². The molecule has 1 aliphatic rings. The van der Waals surface area contributed by atoms with E-state index in [1.165, 1.54) is 6.33 Å². The summed E-state index contributed by atoms with van der Waals surface area (Å²) in [5.41, 5.74) is 0.538. The fourth-order valence-electron chi connectivity index (χ4n) is 4.46. The van der Waals surface area contributed by atoms with Crippen LogP contribution in [0.3, 0.4) is 0 Å². The Morgan fingerprint density at radius 2 is 2.19 bits per heavy atom. The van der Waals surface area contributed by atoms with Crippen LogP contribution >= 0.6 is 22.9 Å². The van der Waals surface area contributed by atoms with Crippen molar-refractivity contribution in [3.63, 3.8) is 0 Å². The topological polar surface area (TPSA) is 112 Å². The number of halogens is 1. The zero-order valence-electron chi connectivity index (χ0n) is 18.1. The Morgan fingerprint density at radius 1 is 1.38 bits per heavy atom. The maximum atomic E-state index is 13.1. The summed E-state index contributed by atoms with van der Waals surface area (Å²) in [6.07, 6.45) is 3.23. The number of amides is 1. The van der Waals surface area contributed by atoms with E-state index in [2.05, 4.69) is 27.5 Å². The number of rotatable bonds is 8. The number of anilines is 1. The molecule has 4 rings (SSSR count). The Morgan fingerprint density at radius 3 is 2.81 bits per heavy atom. The number of hydrogen-bond acceptors (Lipinski definition) is 7. The lowest BCUT2D eigenvalue weighted by Gasteiger charge is -2.33. The molecule has 4 unspecified atom stereocenters. The van der Waals surface area contributed by atoms with E-state index >= 15 is 0 Å². The van der Waals surface area contributed by atoms with Crippen LogP contribution in [0.2, 0.25) is 5.02 Å². The Kier molecular flexibility index (Phi) is 6.71. The second kappa shape index (κ2) is 9.35. The number of fused-ring (bicyclic) bond motifs is 1. The molecule has 3 aromatic rings. The predicted molar refractivity (Wildman–Crippen MR) is 126 cm³/mol. The number of carbonyl (C=O) groups is 1. The van der Waals surface area contributed by atoms with Crippen molar-refractivity contribution in [3.05, 3.63) is 39.9 Å². The molecule has 8 nitrogen and oxygen atoms in total. The van der Waals surface area contributed by atoms with Gasteiger partial charge in [-0.15, -0.1) is 11.3 Å². The SMILES string of the molecule is CCNC(=O)C1(n2cnc3c(NC(CC)Cc4sccc4Cl)ccnc32)CCC(O)C1O. The minimum Gasteiger partial charge on any atom is -0.390 e. The molecular weight excluding hydrogens is 450 g/mol. The van der Waals surface area contributed by atoms with Gasteiger partial charge in [-0.1, -0.05) is 18.5 Å². The van der Waals surface area contributed by atoms with Crippen LogP contribution < -0.4 is 10.6 Å².